The maximum Gasteiger partial charge on any atom is 0.261 e. The summed E-state index contributed by atoms with van der Waals surface area (Å²) in [6.07, 6.45) is 5.50. The van der Waals surface area contributed by atoms with Gasteiger partial charge in [0.2, 0.25) is 0 Å². The van der Waals surface area contributed by atoms with Crippen molar-refractivity contribution in [1.82, 2.24) is 5.32 Å². The lowest BCUT2D eigenvalue weighted by atomic mass is 10.1. The lowest BCUT2D eigenvalue weighted by molar-refractivity contribution is 0.0928. The molecule has 1 aromatic rings. The summed E-state index contributed by atoms with van der Waals surface area (Å²) < 4.78 is 0. The molecule has 0 bridgehead atoms. The molecule has 0 aromatic carbocycles. The van der Waals surface area contributed by atoms with Gasteiger partial charge in [-0.3, -0.25) is 4.79 Å². The summed E-state index contributed by atoms with van der Waals surface area (Å²) in [4.78, 5) is 14.0. The van der Waals surface area contributed by atoms with Gasteiger partial charge < -0.3 is 10.4 Å². The van der Waals surface area contributed by atoms with Gasteiger partial charge in [-0.1, -0.05) is 6.42 Å². The summed E-state index contributed by atoms with van der Waals surface area (Å²) in [6, 6.07) is 2.03. The van der Waals surface area contributed by atoms with E-state index in [1.807, 2.05) is 6.07 Å². The first-order valence-corrected chi connectivity index (χ1v) is 7.06. The summed E-state index contributed by atoms with van der Waals surface area (Å²) in [5, 5.41) is 11.9. The minimum atomic E-state index is -0.489. The molecule has 0 aliphatic heterocycles. The Morgan fingerprint density at radius 3 is 3.00 bits per heavy atom. The van der Waals surface area contributed by atoms with E-state index in [-0.39, 0.29) is 5.91 Å². The third kappa shape index (κ3) is 3.30. The average Bonchev–Trinajstić information content (AvgIpc) is 2.58. The molecule has 0 saturated carbocycles. The third-order valence-corrected chi connectivity index (χ3v) is 4.26. The number of hydrogen-bond acceptors (Lipinski definition) is 3. The molecule has 17 heavy (non-hydrogen) atoms. The second-order valence-electron chi connectivity index (χ2n) is 4.68. The Hall–Kier alpha value is -0.870. The van der Waals surface area contributed by atoms with Crippen LogP contribution < -0.4 is 5.32 Å². The zero-order chi connectivity index (χ0) is 12.3. The van der Waals surface area contributed by atoms with E-state index in [1.54, 1.807) is 18.3 Å². The standard InChI is InChI=1S/C13H19NO2S/c1-9(15)8-14-13(16)12-7-10-5-3-2-4-6-11(10)17-12/h7,9,15H,2-6,8H2,1H3,(H,14,16). The van der Waals surface area contributed by atoms with E-state index in [2.05, 4.69) is 5.32 Å². The Bertz CT molecular complexity index is 375. The van der Waals surface area contributed by atoms with E-state index >= 15 is 0 Å². The minimum Gasteiger partial charge on any atom is -0.392 e. The van der Waals surface area contributed by atoms with Gasteiger partial charge in [-0.15, -0.1) is 11.3 Å². The molecule has 2 rings (SSSR count). The fraction of sp³-hybridized carbons (Fsp3) is 0.615. The highest BCUT2D eigenvalue weighted by atomic mass is 32.1. The molecule has 0 spiro atoms. The van der Waals surface area contributed by atoms with Crippen LogP contribution in [-0.2, 0) is 12.8 Å². The number of rotatable bonds is 3. The third-order valence-electron chi connectivity index (χ3n) is 3.03. The summed E-state index contributed by atoms with van der Waals surface area (Å²) in [7, 11) is 0. The van der Waals surface area contributed by atoms with E-state index in [0.717, 1.165) is 17.7 Å². The summed E-state index contributed by atoms with van der Waals surface area (Å²) in [5.74, 6) is -0.0519. The van der Waals surface area contributed by atoms with Gasteiger partial charge in [-0.25, -0.2) is 0 Å². The van der Waals surface area contributed by atoms with E-state index in [1.165, 1.54) is 29.7 Å². The Kier molecular flexibility index (Phi) is 4.18. The van der Waals surface area contributed by atoms with E-state index < -0.39 is 6.10 Å². The number of nitrogens with one attached hydrogen (secondary N) is 1. The lowest BCUT2D eigenvalue weighted by Crippen LogP contribution is -2.29. The number of fused-ring (bicyclic) bond motifs is 1. The monoisotopic (exact) mass is 253 g/mol. The van der Waals surface area contributed by atoms with Crippen LogP contribution in [0.5, 0.6) is 0 Å². The quantitative estimate of drug-likeness (QED) is 0.811. The second-order valence-corrected chi connectivity index (χ2v) is 5.82. The molecule has 1 aliphatic carbocycles. The summed E-state index contributed by atoms with van der Waals surface area (Å²) in [5.41, 5.74) is 1.36. The Balaban J connectivity index is 2.04. The average molecular weight is 253 g/mol. The molecule has 2 N–H and O–H groups in total. The van der Waals surface area contributed by atoms with Crippen molar-refractivity contribution in [2.45, 2.75) is 45.1 Å². The van der Waals surface area contributed by atoms with Crippen molar-refractivity contribution in [3.05, 3.63) is 21.4 Å². The molecule has 1 amide bonds. The number of thiophene rings is 1. The van der Waals surface area contributed by atoms with Crippen molar-refractivity contribution in [3.8, 4) is 0 Å². The maximum atomic E-state index is 11.8. The van der Waals surface area contributed by atoms with Crippen LogP contribution in [0.2, 0.25) is 0 Å². The maximum absolute atomic E-state index is 11.8. The van der Waals surface area contributed by atoms with E-state index in [4.69, 9.17) is 5.11 Å². The number of carbonyl (C=O) groups is 1. The first kappa shape index (κ1) is 12.6. The minimum absolute atomic E-state index is 0.0519. The molecule has 1 aromatic heterocycles. The number of aliphatic hydroxyl groups is 1. The van der Waals surface area contributed by atoms with Crippen LogP contribution in [0, 0.1) is 0 Å². The van der Waals surface area contributed by atoms with Gasteiger partial charge in [0, 0.05) is 11.4 Å². The predicted molar refractivity (Wildman–Crippen MR) is 69.6 cm³/mol. The molecule has 0 fully saturated rings. The zero-order valence-corrected chi connectivity index (χ0v) is 11.0. The Morgan fingerprint density at radius 2 is 2.24 bits per heavy atom. The van der Waals surface area contributed by atoms with Gasteiger partial charge in [0.25, 0.3) is 5.91 Å². The van der Waals surface area contributed by atoms with Gasteiger partial charge in [0.15, 0.2) is 0 Å². The smallest absolute Gasteiger partial charge is 0.261 e. The largest absolute Gasteiger partial charge is 0.392 e. The fourth-order valence-electron chi connectivity index (χ4n) is 2.11. The van der Waals surface area contributed by atoms with Crippen molar-refractivity contribution in [2.75, 3.05) is 6.54 Å². The van der Waals surface area contributed by atoms with E-state index in [0.29, 0.717) is 6.54 Å². The number of aliphatic hydroxyl groups excluding tert-OH is 1. The van der Waals surface area contributed by atoms with Gasteiger partial charge in [-0.05, 0) is 44.2 Å². The molecule has 4 heteroatoms. The summed E-state index contributed by atoms with van der Waals surface area (Å²) in [6.45, 7) is 1.99. The van der Waals surface area contributed by atoms with Gasteiger partial charge in [0.1, 0.15) is 0 Å². The van der Waals surface area contributed by atoms with Crippen LogP contribution in [0.1, 0.15) is 46.3 Å². The molecule has 1 atom stereocenters. The Labute approximate surface area is 106 Å². The highest BCUT2D eigenvalue weighted by molar-refractivity contribution is 7.14. The van der Waals surface area contributed by atoms with E-state index in [9.17, 15) is 4.79 Å². The molecule has 94 valence electrons. The SMILES string of the molecule is CC(O)CNC(=O)c1cc2c(s1)CCCCC2. The van der Waals surface area contributed by atoms with Crippen molar-refractivity contribution in [2.24, 2.45) is 0 Å². The van der Waals surface area contributed by atoms with Crippen LogP contribution in [0.3, 0.4) is 0 Å². The normalized spacial score (nSPS) is 17.1. The fourth-order valence-corrected chi connectivity index (χ4v) is 3.28. The zero-order valence-electron chi connectivity index (χ0n) is 10.2. The molecule has 0 saturated heterocycles. The van der Waals surface area contributed by atoms with Crippen molar-refractivity contribution in [1.29, 1.82) is 0 Å². The van der Waals surface area contributed by atoms with Crippen molar-refractivity contribution < 1.29 is 9.90 Å². The first-order chi connectivity index (χ1) is 8.16. The van der Waals surface area contributed by atoms with Gasteiger partial charge in [0.05, 0.1) is 11.0 Å². The number of hydrogen-bond donors (Lipinski definition) is 2. The molecule has 1 heterocycles. The van der Waals surface area contributed by atoms with Gasteiger partial charge >= 0.3 is 0 Å². The highest BCUT2D eigenvalue weighted by Crippen LogP contribution is 2.28. The molecule has 0 radical (unpaired) electrons. The molecule has 1 unspecified atom stereocenters. The summed E-state index contributed by atoms with van der Waals surface area (Å²) >= 11 is 1.61. The number of amides is 1. The van der Waals surface area contributed by atoms with Crippen LogP contribution in [0.15, 0.2) is 6.07 Å². The van der Waals surface area contributed by atoms with Crippen LogP contribution >= 0.6 is 11.3 Å². The lowest BCUT2D eigenvalue weighted by Gasteiger charge is -2.05. The van der Waals surface area contributed by atoms with Crippen LogP contribution in [0.25, 0.3) is 0 Å². The molecule has 3 nitrogen and oxygen atoms in total. The number of aryl methyl sites for hydroxylation is 2. The topological polar surface area (TPSA) is 49.3 Å². The number of carbonyl (C=O) groups excluding carboxylic acids is 1. The second kappa shape index (κ2) is 5.65. The molecular formula is C13H19NO2S. The van der Waals surface area contributed by atoms with Gasteiger partial charge in [-0.2, -0.15) is 0 Å². The van der Waals surface area contributed by atoms with Crippen molar-refractivity contribution >= 4 is 17.2 Å². The van der Waals surface area contributed by atoms with Crippen LogP contribution in [-0.4, -0.2) is 23.7 Å². The molecule has 1 aliphatic rings. The molecular weight excluding hydrogens is 234 g/mol. The predicted octanol–water partition coefficient (Wildman–Crippen LogP) is 2.13. The van der Waals surface area contributed by atoms with Crippen LogP contribution in [0.4, 0.5) is 0 Å². The highest BCUT2D eigenvalue weighted by Gasteiger charge is 2.16. The Morgan fingerprint density at radius 1 is 1.47 bits per heavy atom. The van der Waals surface area contributed by atoms with Crippen molar-refractivity contribution in [3.63, 3.8) is 0 Å². The first-order valence-electron chi connectivity index (χ1n) is 6.24.